The highest BCUT2D eigenvalue weighted by Crippen LogP contribution is 2.46. The van der Waals surface area contributed by atoms with E-state index in [0.29, 0.717) is 24.5 Å². The smallest absolute Gasteiger partial charge is 0.303 e. The minimum atomic E-state index is -0.740. The van der Waals surface area contributed by atoms with Crippen molar-refractivity contribution in [2.45, 2.75) is 57.8 Å². The van der Waals surface area contributed by atoms with E-state index in [9.17, 15) is 9.59 Å². The lowest BCUT2D eigenvalue weighted by atomic mass is 9.88. The van der Waals surface area contributed by atoms with Gasteiger partial charge in [-0.05, 0) is 41.5 Å². The van der Waals surface area contributed by atoms with Crippen molar-refractivity contribution in [2.75, 3.05) is 0 Å². The van der Waals surface area contributed by atoms with E-state index in [1.54, 1.807) is 0 Å². The molecule has 2 aromatic rings. The highest BCUT2D eigenvalue weighted by Gasteiger charge is 2.28. The van der Waals surface area contributed by atoms with Gasteiger partial charge in [-0.1, -0.05) is 68.3 Å². The molecule has 1 aliphatic carbocycles. The second-order valence-electron chi connectivity index (χ2n) is 7.63. The molecule has 0 aromatic heterocycles. The summed E-state index contributed by atoms with van der Waals surface area (Å²) in [6.07, 6.45) is 5.05. The van der Waals surface area contributed by atoms with E-state index in [4.69, 9.17) is 5.11 Å². The maximum Gasteiger partial charge on any atom is 0.303 e. The molecule has 0 heterocycles. The number of carboxylic acid groups (broad SMARTS) is 1. The molecule has 1 aliphatic rings. The zero-order chi connectivity index (χ0) is 19.2. The Balaban J connectivity index is 1.54. The molecule has 0 saturated heterocycles. The van der Waals surface area contributed by atoms with Gasteiger partial charge >= 0.3 is 5.97 Å². The Hall–Kier alpha value is -2.42. The summed E-state index contributed by atoms with van der Waals surface area (Å²) in [6.45, 7) is 2.01. The van der Waals surface area contributed by atoms with E-state index >= 15 is 0 Å². The van der Waals surface area contributed by atoms with Gasteiger partial charge in [-0.3, -0.25) is 9.59 Å². The summed E-state index contributed by atoms with van der Waals surface area (Å²) in [5.74, 6) is -0.0443. The number of rotatable bonds is 10. The van der Waals surface area contributed by atoms with Gasteiger partial charge in [-0.2, -0.15) is 0 Å². The van der Waals surface area contributed by atoms with Gasteiger partial charge in [0.25, 0.3) is 0 Å². The van der Waals surface area contributed by atoms with E-state index in [2.05, 4.69) is 48.5 Å². The van der Waals surface area contributed by atoms with Gasteiger partial charge in [0.15, 0.2) is 0 Å². The Bertz CT molecular complexity index is 763. The third kappa shape index (κ3) is 4.65. The molecule has 142 valence electrons. The number of carbonyl (C=O) groups excluding carboxylic acids is 1. The van der Waals surface area contributed by atoms with Gasteiger partial charge in [0.1, 0.15) is 5.78 Å². The first-order valence-corrected chi connectivity index (χ1v) is 10.0. The molecule has 0 bridgehead atoms. The first-order valence-electron chi connectivity index (χ1n) is 10.0. The molecule has 1 N–H and O–H groups in total. The number of benzene rings is 2. The zero-order valence-electron chi connectivity index (χ0n) is 16.0. The number of unbranched alkanes of at least 4 members (excludes halogenated alkanes) is 2. The number of Topliss-reactive ketones (excluding diaryl/α,β-unsaturated/α-hetero) is 1. The second kappa shape index (κ2) is 8.98. The predicted molar refractivity (Wildman–Crippen MR) is 108 cm³/mol. The molecule has 2 aromatic carbocycles. The number of ketones is 1. The predicted octanol–water partition coefficient (Wildman–Crippen LogP) is 5.82. The summed E-state index contributed by atoms with van der Waals surface area (Å²) in [4.78, 5) is 23.1. The quantitative estimate of drug-likeness (QED) is 0.540. The summed E-state index contributed by atoms with van der Waals surface area (Å²) in [7, 11) is 0. The van der Waals surface area contributed by atoms with Gasteiger partial charge < -0.3 is 5.11 Å². The van der Waals surface area contributed by atoms with Crippen molar-refractivity contribution in [1.29, 1.82) is 0 Å². The third-order valence-electron chi connectivity index (χ3n) is 5.72. The molecule has 0 spiro atoms. The summed E-state index contributed by atoms with van der Waals surface area (Å²) in [6, 6.07) is 17.1. The van der Waals surface area contributed by atoms with Crippen LogP contribution in [0.15, 0.2) is 48.5 Å². The number of aliphatic carboxylic acids is 1. The van der Waals surface area contributed by atoms with Crippen molar-refractivity contribution in [1.82, 2.24) is 0 Å². The van der Waals surface area contributed by atoms with Crippen molar-refractivity contribution in [3.63, 3.8) is 0 Å². The Labute approximate surface area is 161 Å². The number of hydrogen-bond acceptors (Lipinski definition) is 2. The Morgan fingerprint density at radius 2 is 1.48 bits per heavy atom. The highest BCUT2D eigenvalue weighted by atomic mass is 16.4. The van der Waals surface area contributed by atoms with Gasteiger partial charge in [0.05, 0.1) is 0 Å². The molecule has 3 rings (SSSR count). The van der Waals surface area contributed by atoms with Crippen molar-refractivity contribution < 1.29 is 14.7 Å². The molecule has 1 atom stereocenters. The maximum atomic E-state index is 12.6. The van der Waals surface area contributed by atoms with Crippen LogP contribution in [-0.4, -0.2) is 16.9 Å². The molecular weight excluding hydrogens is 336 g/mol. The molecule has 3 heteroatoms. The van der Waals surface area contributed by atoms with Crippen molar-refractivity contribution in [3.05, 3.63) is 59.7 Å². The van der Waals surface area contributed by atoms with Crippen molar-refractivity contribution >= 4 is 11.8 Å². The van der Waals surface area contributed by atoms with Crippen molar-refractivity contribution in [2.24, 2.45) is 5.92 Å². The molecule has 1 unspecified atom stereocenters. The molecule has 0 fully saturated rings. The average Bonchev–Trinajstić information content (AvgIpc) is 2.99. The fraction of sp³-hybridized carbons (Fsp3) is 0.417. The summed E-state index contributed by atoms with van der Waals surface area (Å²) in [5, 5.41) is 8.67. The van der Waals surface area contributed by atoms with E-state index < -0.39 is 5.97 Å². The minimum absolute atomic E-state index is 0.0571. The number of fused-ring (bicyclic) bond motifs is 3. The van der Waals surface area contributed by atoms with Crippen LogP contribution in [0.3, 0.4) is 0 Å². The van der Waals surface area contributed by atoms with Crippen LogP contribution in [0.1, 0.15) is 68.9 Å². The van der Waals surface area contributed by atoms with Crippen LogP contribution in [0.4, 0.5) is 0 Å². The van der Waals surface area contributed by atoms with Crippen LogP contribution >= 0.6 is 0 Å². The first-order chi connectivity index (χ1) is 13.1. The molecule has 27 heavy (non-hydrogen) atoms. The summed E-state index contributed by atoms with van der Waals surface area (Å²) in [5.41, 5.74) is 5.29. The monoisotopic (exact) mass is 364 g/mol. The lowest BCUT2D eigenvalue weighted by molar-refractivity contribution is -0.137. The fourth-order valence-corrected chi connectivity index (χ4v) is 4.17. The van der Waals surface area contributed by atoms with E-state index in [1.807, 2.05) is 6.92 Å². The van der Waals surface area contributed by atoms with Crippen LogP contribution in [-0.2, 0) is 9.59 Å². The minimum Gasteiger partial charge on any atom is -0.481 e. The second-order valence-corrected chi connectivity index (χ2v) is 7.63. The third-order valence-corrected chi connectivity index (χ3v) is 5.72. The molecule has 0 radical (unpaired) electrons. The molecule has 0 amide bonds. The first kappa shape index (κ1) is 19.3. The lowest BCUT2D eigenvalue weighted by Crippen LogP contribution is -2.12. The molecular formula is C24H28O3. The van der Waals surface area contributed by atoms with Gasteiger partial charge in [-0.25, -0.2) is 0 Å². The van der Waals surface area contributed by atoms with Gasteiger partial charge in [-0.15, -0.1) is 0 Å². The number of carboxylic acids is 1. The molecule has 0 aliphatic heterocycles. The summed E-state index contributed by atoms with van der Waals surface area (Å²) >= 11 is 0. The number of hydrogen-bond donors (Lipinski definition) is 1. The molecule has 3 nitrogen and oxygen atoms in total. The maximum absolute atomic E-state index is 12.6. The zero-order valence-corrected chi connectivity index (χ0v) is 16.0. The van der Waals surface area contributed by atoms with Gasteiger partial charge in [0, 0.05) is 24.7 Å². The standard InChI is InChI=1S/C24H28O3/c1-17(9-3-2-4-14-24(26)27)23(25)16-15-22-20-12-7-5-10-18(20)19-11-6-8-13-21(19)22/h5-8,10-13,17,22H,2-4,9,14-16H2,1H3,(H,26,27). The van der Waals surface area contributed by atoms with Crippen LogP contribution in [0.2, 0.25) is 0 Å². The van der Waals surface area contributed by atoms with Crippen molar-refractivity contribution in [3.8, 4) is 11.1 Å². The Morgan fingerprint density at radius 1 is 0.889 bits per heavy atom. The van der Waals surface area contributed by atoms with Crippen LogP contribution in [0, 0.1) is 5.92 Å². The average molecular weight is 364 g/mol. The lowest BCUT2D eigenvalue weighted by Gasteiger charge is -2.15. The van der Waals surface area contributed by atoms with Crippen LogP contribution in [0.5, 0.6) is 0 Å². The van der Waals surface area contributed by atoms with E-state index in [1.165, 1.54) is 22.3 Å². The Kier molecular flexibility index (Phi) is 6.44. The van der Waals surface area contributed by atoms with Crippen LogP contribution in [0.25, 0.3) is 11.1 Å². The fourth-order valence-electron chi connectivity index (χ4n) is 4.17. The van der Waals surface area contributed by atoms with E-state index in [0.717, 1.165) is 25.7 Å². The molecule has 0 saturated carbocycles. The normalized spacial score (nSPS) is 13.8. The topological polar surface area (TPSA) is 54.4 Å². The van der Waals surface area contributed by atoms with E-state index in [-0.39, 0.29) is 12.3 Å². The summed E-state index contributed by atoms with van der Waals surface area (Å²) < 4.78 is 0. The van der Waals surface area contributed by atoms with Gasteiger partial charge in [0.2, 0.25) is 0 Å². The Morgan fingerprint density at radius 3 is 2.07 bits per heavy atom. The SMILES string of the molecule is CC(CCCCCC(=O)O)C(=O)CCC1c2ccccc2-c2ccccc21. The number of carbonyl (C=O) groups is 2. The van der Waals surface area contributed by atoms with Crippen LogP contribution < -0.4 is 0 Å². The largest absolute Gasteiger partial charge is 0.481 e. The highest BCUT2D eigenvalue weighted by molar-refractivity contribution is 5.82.